The Morgan fingerprint density at radius 2 is 1.83 bits per heavy atom. The molecule has 6 nitrogen and oxygen atoms in total. The molecule has 156 valence electrons. The lowest BCUT2D eigenvalue weighted by Crippen LogP contribution is -2.15. The van der Waals surface area contributed by atoms with Crippen LogP contribution in [0.2, 0.25) is 0 Å². The Bertz CT molecular complexity index is 832. The Morgan fingerprint density at radius 3 is 2.52 bits per heavy atom. The molecule has 6 heteroatoms. The number of benzene rings is 2. The van der Waals surface area contributed by atoms with E-state index in [0.29, 0.717) is 35.9 Å². The standard InChI is InChI=1S/C23H29NO5/c1-16(2)12-14-28-18-10-11-20(17(3)15-18)24-23(27)19-7-4-5-8-21(19)29-13-6-9-22(25)26/h4-5,7-8,10-11,15-16H,6,9,12-14H2,1-3H3,(H,24,27)(H,25,26). The van der Waals surface area contributed by atoms with Crippen LogP contribution in [0.4, 0.5) is 5.69 Å². The normalized spacial score (nSPS) is 10.6. The summed E-state index contributed by atoms with van der Waals surface area (Å²) in [7, 11) is 0. The molecule has 2 aromatic rings. The molecule has 0 atom stereocenters. The number of aliphatic carboxylic acids is 1. The Kier molecular flexibility index (Phi) is 8.52. The van der Waals surface area contributed by atoms with Crippen molar-refractivity contribution in [3.8, 4) is 11.5 Å². The van der Waals surface area contributed by atoms with Gasteiger partial charge in [0, 0.05) is 12.1 Å². The second-order valence-electron chi connectivity index (χ2n) is 7.30. The van der Waals surface area contributed by atoms with Crippen LogP contribution in [0.15, 0.2) is 42.5 Å². The first-order valence-electron chi connectivity index (χ1n) is 9.85. The van der Waals surface area contributed by atoms with E-state index in [-0.39, 0.29) is 18.9 Å². The van der Waals surface area contributed by atoms with E-state index in [2.05, 4.69) is 19.2 Å². The number of carbonyl (C=O) groups is 2. The van der Waals surface area contributed by atoms with E-state index < -0.39 is 5.97 Å². The maximum absolute atomic E-state index is 12.7. The first-order chi connectivity index (χ1) is 13.9. The molecule has 1 amide bonds. The molecule has 0 saturated carbocycles. The Morgan fingerprint density at radius 1 is 1.07 bits per heavy atom. The van der Waals surface area contributed by atoms with Gasteiger partial charge in [0.2, 0.25) is 0 Å². The smallest absolute Gasteiger partial charge is 0.303 e. The van der Waals surface area contributed by atoms with E-state index in [1.165, 1.54) is 0 Å². The number of hydrogen-bond acceptors (Lipinski definition) is 4. The molecule has 0 bridgehead atoms. The number of amides is 1. The minimum atomic E-state index is -0.869. The first-order valence-corrected chi connectivity index (χ1v) is 9.85. The summed E-state index contributed by atoms with van der Waals surface area (Å²) in [5.41, 5.74) is 2.01. The molecule has 0 saturated heterocycles. The van der Waals surface area contributed by atoms with Crippen molar-refractivity contribution in [2.24, 2.45) is 5.92 Å². The molecule has 0 spiro atoms. The van der Waals surface area contributed by atoms with Crippen LogP contribution in [0.1, 0.15) is 49.0 Å². The minimum absolute atomic E-state index is 0.0269. The van der Waals surface area contributed by atoms with Gasteiger partial charge in [-0.1, -0.05) is 26.0 Å². The Balaban J connectivity index is 2.00. The SMILES string of the molecule is Cc1cc(OCCC(C)C)ccc1NC(=O)c1ccccc1OCCCC(=O)O. The number of carboxylic acids is 1. The summed E-state index contributed by atoms with van der Waals surface area (Å²) in [6, 6.07) is 12.5. The van der Waals surface area contributed by atoms with Crippen molar-refractivity contribution in [1.29, 1.82) is 0 Å². The molecule has 0 aliphatic heterocycles. The molecular formula is C23H29NO5. The zero-order valence-corrected chi connectivity index (χ0v) is 17.2. The van der Waals surface area contributed by atoms with Gasteiger partial charge in [-0.05, 0) is 61.6 Å². The maximum Gasteiger partial charge on any atom is 0.303 e. The fraction of sp³-hybridized carbons (Fsp3) is 0.391. The third-order valence-corrected chi connectivity index (χ3v) is 4.33. The van der Waals surface area contributed by atoms with E-state index in [1.807, 2.05) is 25.1 Å². The number of ether oxygens (including phenoxy) is 2. The summed E-state index contributed by atoms with van der Waals surface area (Å²) in [5.74, 6) is 0.646. The van der Waals surface area contributed by atoms with Crippen LogP contribution >= 0.6 is 0 Å². The molecule has 0 fully saturated rings. The summed E-state index contributed by atoms with van der Waals surface area (Å²) in [6.07, 6.45) is 1.39. The molecule has 0 aromatic heterocycles. The van der Waals surface area contributed by atoms with Crippen molar-refractivity contribution >= 4 is 17.6 Å². The van der Waals surface area contributed by atoms with Crippen molar-refractivity contribution in [2.75, 3.05) is 18.5 Å². The van der Waals surface area contributed by atoms with Gasteiger partial charge in [-0.2, -0.15) is 0 Å². The van der Waals surface area contributed by atoms with E-state index >= 15 is 0 Å². The monoisotopic (exact) mass is 399 g/mol. The summed E-state index contributed by atoms with van der Waals surface area (Å²) in [4.78, 5) is 23.3. The van der Waals surface area contributed by atoms with Crippen LogP contribution in [-0.4, -0.2) is 30.2 Å². The van der Waals surface area contributed by atoms with Gasteiger partial charge in [0.25, 0.3) is 5.91 Å². The molecule has 29 heavy (non-hydrogen) atoms. The molecule has 2 rings (SSSR count). The molecule has 0 unspecified atom stereocenters. The number of para-hydroxylation sites is 1. The fourth-order valence-corrected chi connectivity index (χ4v) is 2.65. The molecule has 2 N–H and O–H groups in total. The number of carbonyl (C=O) groups excluding carboxylic acids is 1. The minimum Gasteiger partial charge on any atom is -0.494 e. The van der Waals surface area contributed by atoms with Crippen LogP contribution in [0.5, 0.6) is 11.5 Å². The number of nitrogens with one attached hydrogen (secondary N) is 1. The maximum atomic E-state index is 12.7. The summed E-state index contributed by atoms with van der Waals surface area (Å²) in [6.45, 7) is 7.12. The third kappa shape index (κ3) is 7.49. The lowest BCUT2D eigenvalue weighted by molar-refractivity contribution is -0.137. The van der Waals surface area contributed by atoms with E-state index in [0.717, 1.165) is 17.7 Å². The number of aryl methyl sites for hydroxylation is 1. The third-order valence-electron chi connectivity index (χ3n) is 4.33. The van der Waals surface area contributed by atoms with Gasteiger partial charge >= 0.3 is 5.97 Å². The predicted octanol–water partition coefficient (Wildman–Crippen LogP) is 4.92. The Labute approximate surface area is 171 Å². The van der Waals surface area contributed by atoms with Crippen LogP contribution in [-0.2, 0) is 4.79 Å². The molecule has 2 aromatic carbocycles. The highest BCUT2D eigenvalue weighted by atomic mass is 16.5. The van der Waals surface area contributed by atoms with Gasteiger partial charge in [0.1, 0.15) is 11.5 Å². The number of rotatable bonds is 11. The topological polar surface area (TPSA) is 84.9 Å². The lowest BCUT2D eigenvalue weighted by atomic mass is 10.1. The summed E-state index contributed by atoms with van der Waals surface area (Å²) >= 11 is 0. The van der Waals surface area contributed by atoms with Gasteiger partial charge in [-0.3, -0.25) is 9.59 Å². The summed E-state index contributed by atoms with van der Waals surface area (Å²) < 4.78 is 11.4. The zero-order valence-electron chi connectivity index (χ0n) is 17.2. The zero-order chi connectivity index (χ0) is 21.2. The highest BCUT2D eigenvalue weighted by Gasteiger charge is 2.14. The van der Waals surface area contributed by atoms with Gasteiger partial charge in [-0.25, -0.2) is 0 Å². The van der Waals surface area contributed by atoms with Crippen LogP contribution in [0.3, 0.4) is 0 Å². The molecule has 0 radical (unpaired) electrons. The number of hydrogen-bond donors (Lipinski definition) is 2. The first kappa shape index (κ1) is 22.3. The van der Waals surface area contributed by atoms with Crippen LogP contribution in [0, 0.1) is 12.8 Å². The van der Waals surface area contributed by atoms with Crippen molar-refractivity contribution < 1.29 is 24.2 Å². The average molecular weight is 399 g/mol. The number of carboxylic acid groups (broad SMARTS) is 1. The van der Waals surface area contributed by atoms with Gasteiger partial charge in [0.05, 0.1) is 18.8 Å². The molecular weight excluding hydrogens is 370 g/mol. The van der Waals surface area contributed by atoms with E-state index in [9.17, 15) is 9.59 Å². The van der Waals surface area contributed by atoms with Crippen LogP contribution < -0.4 is 14.8 Å². The molecule has 0 heterocycles. The average Bonchev–Trinajstić information content (AvgIpc) is 2.67. The van der Waals surface area contributed by atoms with Crippen molar-refractivity contribution in [2.45, 2.75) is 40.0 Å². The second kappa shape index (κ2) is 11.1. The predicted molar refractivity (Wildman–Crippen MR) is 113 cm³/mol. The van der Waals surface area contributed by atoms with Gasteiger partial charge in [-0.15, -0.1) is 0 Å². The largest absolute Gasteiger partial charge is 0.494 e. The van der Waals surface area contributed by atoms with Crippen molar-refractivity contribution in [1.82, 2.24) is 0 Å². The van der Waals surface area contributed by atoms with Gasteiger partial charge in [0.15, 0.2) is 0 Å². The van der Waals surface area contributed by atoms with E-state index in [4.69, 9.17) is 14.6 Å². The summed E-state index contributed by atoms with van der Waals surface area (Å²) in [5, 5.41) is 11.6. The van der Waals surface area contributed by atoms with Crippen molar-refractivity contribution in [3.05, 3.63) is 53.6 Å². The van der Waals surface area contributed by atoms with Gasteiger partial charge < -0.3 is 19.9 Å². The van der Waals surface area contributed by atoms with E-state index in [1.54, 1.807) is 24.3 Å². The second-order valence-corrected chi connectivity index (χ2v) is 7.30. The van der Waals surface area contributed by atoms with Crippen LogP contribution in [0.25, 0.3) is 0 Å². The highest BCUT2D eigenvalue weighted by Crippen LogP contribution is 2.24. The Hall–Kier alpha value is -3.02. The number of anilines is 1. The lowest BCUT2D eigenvalue weighted by Gasteiger charge is -2.14. The highest BCUT2D eigenvalue weighted by molar-refractivity contribution is 6.06. The quantitative estimate of drug-likeness (QED) is 0.524. The van der Waals surface area contributed by atoms with Crippen molar-refractivity contribution in [3.63, 3.8) is 0 Å². The fourth-order valence-electron chi connectivity index (χ4n) is 2.65. The molecule has 0 aliphatic rings. The molecule has 0 aliphatic carbocycles.